The smallest absolute Gasteiger partial charge is 0.410 e. The van der Waals surface area contributed by atoms with Crippen LogP contribution in [0.25, 0.3) is 11.1 Å². The summed E-state index contributed by atoms with van der Waals surface area (Å²) in [5.74, 6) is -0.0270. The second-order valence-electron chi connectivity index (χ2n) is 10.3. The van der Waals surface area contributed by atoms with Crippen LogP contribution >= 0.6 is 0 Å². The first-order chi connectivity index (χ1) is 17.5. The minimum atomic E-state index is -2.66. The highest BCUT2D eigenvalue weighted by Gasteiger charge is 2.49. The Labute approximate surface area is 209 Å². The van der Waals surface area contributed by atoms with E-state index >= 15 is 0 Å². The summed E-state index contributed by atoms with van der Waals surface area (Å²) >= 11 is 0. The number of carbonyl (C=O) groups excluding carboxylic acids is 1. The molecule has 2 heterocycles. The normalized spacial score (nSPS) is 24.9. The van der Waals surface area contributed by atoms with E-state index in [0.29, 0.717) is 0 Å². The Balaban J connectivity index is 1.22. The fourth-order valence-corrected chi connectivity index (χ4v) is 6.73. The molecule has 2 aliphatic heterocycles. The Morgan fingerprint density at radius 3 is 2.08 bits per heavy atom. The molecule has 6 rings (SSSR count). The number of nitrogens with zero attached hydrogens (tertiary/aromatic N) is 1. The molecule has 2 saturated heterocycles. The van der Waals surface area contributed by atoms with E-state index in [0.717, 1.165) is 30.4 Å². The lowest BCUT2D eigenvalue weighted by Crippen LogP contribution is -2.59. The highest BCUT2D eigenvalue weighted by atomic mass is 19.3. The largest absolute Gasteiger partial charge is 0.448 e. The minimum Gasteiger partial charge on any atom is -0.448 e. The van der Waals surface area contributed by atoms with Crippen LogP contribution in [-0.2, 0) is 10.3 Å². The first-order valence-electron chi connectivity index (χ1n) is 12.7. The van der Waals surface area contributed by atoms with Crippen LogP contribution in [0.1, 0.15) is 66.7 Å². The van der Waals surface area contributed by atoms with E-state index in [4.69, 9.17) is 4.74 Å². The van der Waals surface area contributed by atoms with Crippen molar-refractivity contribution in [3.63, 3.8) is 0 Å². The zero-order chi connectivity index (χ0) is 24.9. The summed E-state index contributed by atoms with van der Waals surface area (Å²) in [6, 6.07) is 22.2. The Morgan fingerprint density at radius 1 is 0.917 bits per heavy atom. The fourth-order valence-electron chi connectivity index (χ4n) is 6.73. The number of rotatable bonds is 4. The second-order valence-corrected chi connectivity index (χ2v) is 10.3. The third-order valence-electron chi connectivity index (χ3n) is 8.25. The van der Waals surface area contributed by atoms with Crippen molar-refractivity contribution in [1.29, 1.82) is 0 Å². The number of benzene rings is 3. The van der Waals surface area contributed by atoms with Gasteiger partial charge in [0, 0.05) is 36.4 Å². The lowest BCUT2D eigenvalue weighted by Gasteiger charge is -2.51. The van der Waals surface area contributed by atoms with Crippen LogP contribution in [0.5, 0.6) is 0 Å². The molecule has 3 aromatic rings. The standard InChI is InChI=1S/C30H29F2NO3/c31-28(32)25-14-5-6-15-27(25)30(35)16-19-8-7-9-20(17-30)33(19)29(34)36-18-26-23-12-3-1-10-21(23)22-11-2-4-13-24(22)26/h1-6,10-15,19-20,26,28,35H,7-9,16-18H2. The van der Waals surface area contributed by atoms with Gasteiger partial charge in [-0.05, 0) is 47.1 Å². The summed E-state index contributed by atoms with van der Waals surface area (Å²) in [4.78, 5) is 15.2. The van der Waals surface area contributed by atoms with Crippen LogP contribution in [0.15, 0.2) is 72.8 Å². The SMILES string of the molecule is O=C(OCC1c2ccccc2-c2ccccc21)N1C2CCCC1CC(O)(c1ccccc1C(F)F)C2. The summed E-state index contributed by atoms with van der Waals surface area (Å²) in [5.41, 5.74) is 3.42. The average Bonchev–Trinajstić information content (AvgIpc) is 3.20. The molecule has 3 aromatic carbocycles. The number of ether oxygens (including phenoxy) is 1. The number of carbonyl (C=O) groups is 1. The van der Waals surface area contributed by atoms with Gasteiger partial charge in [-0.25, -0.2) is 13.6 Å². The molecule has 2 fully saturated rings. The molecule has 36 heavy (non-hydrogen) atoms. The topological polar surface area (TPSA) is 49.8 Å². The van der Waals surface area contributed by atoms with Crippen molar-refractivity contribution in [2.24, 2.45) is 0 Å². The van der Waals surface area contributed by atoms with Crippen molar-refractivity contribution in [2.45, 2.75) is 62.1 Å². The Bertz CT molecular complexity index is 1230. The van der Waals surface area contributed by atoms with Gasteiger partial charge >= 0.3 is 6.09 Å². The molecule has 2 atom stereocenters. The number of hydrogen-bond donors (Lipinski definition) is 1. The number of aliphatic hydroxyl groups is 1. The number of fused-ring (bicyclic) bond motifs is 5. The minimum absolute atomic E-state index is 0.0270. The lowest BCUT2D eigenvalue weighted by atomic mass is 9.71. The zero-order valence-electron chi connectivity index (χ0n) is 19.9. The van der Waals surface area contributed by atoms with E-state index < -0.39 is 12.0 Å². The molecule has 1 N–H and O–H groups in total. The van der Waals surface area contributed by atoms with E-state index in [2.05, 4.69) is 24.3 Å². The number of alkyl halides is 2. The van der Waals surface area contributed by atoms with E-state index in [1.807, 2.05) is 24.3 Å². The maximum atomic E-state index is 13.7. The Morgan fingerprint density at radius 2 is 1.47 bits per heavy atom. The quantitative estimate of drug-likeness (QED) is 0.440. The third-order valence-corrected chi connectivity index (χ3v) is 8.25. The first kappa shape index (κ1) is 23.2. The maximum Gasteiger partial charge on any atom is 0.410 e. The van der Waals surface area contributed by atoms with Crippen LogP contribution in [0.2, 0.25) is 0 Å². The molecule has 0 radical (unpaired) electrons. The van der Waals surface area contributed by atoms with Crippen LogP contribution < -0.4 is 0 Å². The van der Waals surface area contributed by atoms with Crippen molar-refractivity contribution >= 4 is 6.09 Å². The van der Waals surface area contributed by atoms with Crippen molar-refractivity contribution < 1.29 is 23.4 Å². The summed E-state index contributed by atoms with van der Waals surface area (Å²) in [5, 5.41) is 11.6. The molecule has 2 bridgehead atoms. The maximum absolute atomic E-state index is 13.7. The molecule has 0 spiro atoms. The van der Waals surface area contributed by atoms with E-state index in [-0.39, 0.29) is 54.7 Å². The van der Waals surface area contributed by atoms with E-state index in [1.165, 1.54) is 17.2 Å². The van der Waals surface area contributed by atoms with Gasteiger partial charge in [-0.15, -0.1) is 0 Å². The molecule has 3 aliphatic rings. The average molecular weight is 490 g/mol. The number of piperidine rings is 2. The molecule has 0 saturated carbocycles. The fraction of sp³-hybridized carbons (Fsp3) is 0.367. The van der Waals surface area contributed by atoms with Crippen molar-refractivity contribution in [1.82, 2.24) is 4.90 Å². The van der Waals surface area contributed by atoms with Gasteiger partial charge in [0.1, 0.15) is 6.61 Å². The molecule has 4 nitrogen and oxygen atoms in total. The molecular weight excluding hydrogens is 460 g/mol. The van der Waals surface area contributed by atoms with Gasteiger partial charge in [-0.1, -0.05) is 72.8 Å². The highest BCUT2D eigenvalue weighted by Crippen LogP contribution is 2.48. The van der Waals surface area contributed by atoms with Crippen molar-refractivity contribution in [3.05, 3.63) is 95.1 Å². The molecule has 1 aliphatic carbocycles. The van der Waals surface area contributed by atoms with Gasteiger partial charge < -0.3 is 14.7 Å². The summed E-state index contributed by atoms with van der Waals surface area (Å²) in [6.07, 6.45) is -0.190. The van der Waals surface area contributed by atoms with E-state index in [1.54, 1.807) is 23.1 Å². The monoisotopic (exact) mass is 489 g/mol. The van der Waals surface area contributed by atoms with Crippen LogP contribution in [-0.4, -0.2) is 34.8 Å². The molecule has 0 aromatic heterocycles. The predicted octanol–water partition coefficient (Wildman–Crippen LogP) is 6.78. The number of hydrogen-bond acceptors (Lipinski definition) is 3. The van der Waals surface area contributed by atoms with Crippen LogP contribution in [0.3, 0.4) is 0 Å². The third kappa shape index (κ3) is 3.79. The number of amides is 1. The molecule has 2 unspecified atom stereocenters. The summed E-state index contributed by atoms with van der Waals surface area (Å²) in [6.45, 7) is 0.237. The Kier molecular flexibility index (Phi) is 5.79. The zero-order valence-corrected chi connectivity index (χ0v) is 19.9. The van der Waals surface area contributed by atoms with Gasteiger partial charge in [-0.3, -0.25) is 0 Å². The molecule has 6 heteroatoms. The van der Waals surface area contributed by atoms with Gasteiger partial charge in [0.05, 0.1) is 5.60 Å². The van der Waals surface area contributed by atoms with Crippen molar-refractivity contribution in [2.75, 3.05) is 6.61 Å². The van der Waals surface area contributed by atoms with Gasteiger partial charge in [-0.2, -0.15) is 0 Å². The molecule has 186 valence electrons. The Hall–Kier alpha value is -3.25. The van der Waals surface area contributed by atoms with Crippen molar-refractivity contribution in [3.8, 4) is 11.1 Å². The van der Waals surface area contributed by atoms with Gasteiger partial charge in [0.2, 0.25) is 0 Å². The summed E-state index contributed by atoms with van der Waals surface area (Å²) in [7, 11) is 0. The van der Waals surface area contributed by atoms with Crippen LogP contribution in [0.4, 0.5) is 13.6 Å². The molecular formula is C30H29F2NO3. The second kappa shape index (κ2) is 9.00. The van der Waals surface area contributed by atoms with Gasteiger partial charge in [0.25, 0.3) is 6.43 Å². The highest BCUT2D eigenvalue weighted by molar-refractivity contribution is 5.79. The summed E-state index contributed by atoms with van der Waals surface area (Å²) < 4.78 is 33.4. The van der Waals surface area contributed by atoms with Gasteiger partial charge in [0.15, 0.2) is 0 Å². The van der Waals surface area contributed by atoms with Crippen LogP contribution in [0, 0.1) is 0 Å². The predicted molar refractivity (Wildman–Crippen MR) is 133 cm³/mol. The number of halogens is 2. The first-order valence-corrected chi connectivity index (χ1v) is 12.7. The molecule has 1 amide bonds. The van der Waals surface area contributed by atoms with E-state index in [9.17, 15) is 18.7 Å². The lowest BCUT2D eigenvalue weighted by molar-refractivity contribution is -0.0905.